The topological polar surface area (TPSA) is 18.5 Å². The van der Waals surface area contributed by atoms with E-state index in [2.05, 4.69) is 62.7 Å². The molecule has 4 atom stereocenters. The highest BCUT2D eigenvalue weighted by Crippen LogP contribution is 2.34. The van der Waals surface area contributed by atoms with Crippen LogP contribution in [0.15, 0.2) is 39.5 Å². The summed E-state index contributed by atoms with van der Waals surface area (Å²) in [5.41, 5.74) is 3.00. The van der Waals surface area contributed by atoms with E-state index in [0.717, 1.165) is 19.3 Å². The summed E-state index contributed by atoms with van der Waals surface area (Å²) in [6.07, 6.45) is 11.9. The van der Waals surface area contributed by atoms with E-state index in [1.165, 1.54) is 4.48 Å². The van der Waals surface area contributed by atoms with Crippen molar-refractivity contribution in [3.63, 3.8) is 0 Å². The van der Waals surface area contributed by atoms with E-state index in [1.807, 2.05) is 6.08 Å². The molecule has 2 rings (SSSR count). The van der Waals surface area contributed by atoms with E-state index < -0.39 is 0 Å². The number of hydrogen-bond donors (Lipinski definition) is 0. The van der Waals surface area contributed by atoms with Gasteiger partial charge in [0.1, 0.15) is 0 Å². The molecule has 0 aromatic rings. The van der Waals surface area contributed by atoms with Crippen LogP contribution in [0.1, 0.15) is 26.2 Å². The minimum absolute atomic E-state index is 0.142. The molecule has 2 fully saturated rings. The Hall–Kier alpha value is -0.120. The van der Waals surface area contributed by atoms with Crippen molar-refractivity contribution >= 4 is 31.9 Å². The fourth-order valence-electron chi connectivity index (χ4n) is 2.38. The molecule has 2 heterocycles. The van der Waals surface area contributed by atoms with Crippen molar-refractivity contribution in [3.8, 4) is 0 Å². The SMILES string of the molecule is CC/C(Br)=C/C=C[C@H]1C[C@@H]2O[C@@H](C=C=CBr)C[C@@H]2O1. The molecule has 0 spiro atoms. The lowest BCUT2D eigenvalue weighted by Crippen LogP contribution is -2.13. The second kappa shape index (κ2) is 7.61. The summed E-state index contributed by atoms with van der Waals surface area (Å²) in [4.78, 5) is 1.72. The minimum atomic E-state index is 0.142. The van der Waals surface area contributed by atoms with Crippen molar-refractivity contribution in [1.82, 2.24) is 0 Å². The smallest absolute Gasteiger partial charge is 0.0874 e. The number of ether oxygens (including phenoxy) is 2. The molecule has 0 saturated carbocycles. The Kier molecular flexibility index (Phi) is 6.11. The molecule has 2 nitrogen and oxygen atoms in total. The number of fused-ring (bicyclic) bond motifs is 1. The summed E-state index contributed by atoms with van der Waals surface area (Å²) < 4.78 is 13.1. The third-order valence-corrected chi connectivity index (χ3v) is 4.42. The molecule has 104 valence electrons. The van der Waals surface area contributed by atoms with Gasteiger partial charge in [0.05, 0.1) is 24.4 Å². The summed E-state index contributed by atoms with van der Waals surface area (Å²) in [6, 6.07) is 0. The van der Waals surface area contributed by atoms with Gasteiger partial charge in [0, 0.05) is 17.8 Å². The number of rotatable bonds is 4. The van der Waals surface area contributed by atoms with Crippen molar-refractivity contribution in [3.05, 3.63) is 39.5 Å². The first-order valence-corrected chi connectivity index (χ1v) is 8.29. The third kappa shape index (κ3) is 4.44. The van der Waals surface area contributed by atoms with Crippen molar-refractivity contribution in [2.24, 2.45) is 0 Å². The molecule has 2 saturated heterocycles. The van der Waals surface area contributed by atoms with Crippen molar-refractivity contribution in [1.29, 1.82) is 0 Å². The molecule has 0 aromatic carbocycles. The van der Waals surface area contributed by atoms with Gasteiger partial charge in [-0.15, -0.1) is 5.73 Å². The molecule has 0 bridgehead atoms. The molecule has 19 heavy (non-hydrogen) atoms. The Morgan fingerprint density at radius 1 is 1.26 bits per heavy atom. The zero-order valence-electron chi connectivity index (χ0n) is 10.9. The van der Waals surface area contributed by atoms with Gasteiger partial charge in [0.15, 0.2) is 0 Å². The summed E-state index contributed by atoms with van der Waals surface area (Å²) >= 11 is 6.69. The van der Waals surface area contributed by atoms with Crippen LogP contribution in [0.4, 0.5) is 0 Å². The maximum atomic E-state index is 5.98. The van der Waals surface area contributed by atoms with Gasteiger partial charge in [-0.05, 0) is 17.0 Å². The lowest BCUT2D eigenvalue weighted by Gasteiger charge is -2.09. The number of allylic oxidation sites excluding steroid dienone is 3. The Balaban J connectivity index is 1.83. The van der Waals surface area contributed by atoms with Crippen LogP contribution in [0.3, 0.4) is 0 Å². The zero-order chi connectivity index (χ0) is 13.7. The van der Waals surface area contributed by atoms with Crippen molar-refractivity contribution in [2.75, 3.05) is 0 Å². The highest BCUT2D eigenvalue weighted by molar-refractivity contribution is 9.11. The average Bonchev–Trinajstić information content (AvgIpc) is 2.93. The van der Waals surface area contributed by atoms with Crippen molar-refractivity contribution in [2.45, 2.75) is 50.6 Å². The predicted octanol–water partition coefficient (Wildman–Crippen LogP) is 4.61. The third-order valence-electron chi connectivity index (χ3n) is 3.33. The van der Waals surface area contributed by atoms with Gasteiger partial charge in [-0.25, -0.2) is 0 Å². The van der Waals surface area contributed by atoms with Gasteiger partial charge in [0.2, 0.25) is 0 Å². The molecule has 0 aromatic heterocycles. The maximum absolute atomic E-state index is 5.98. The van der Waals surface area contributed by atoms with Gasteiger partial charge >= 0.3 is 0 Å². The fraction of sp³-hybridized carbons (Fsp3) is 0.533. The Labute approximate surface area is 131 Å². The molecule has 0 unspecified atom stereocenters. The van der Waals surface area contributed by atoms with Crippen LogP contribution in [-0.2, 0) is 9.47 Å². The summed E-state index contributed by atoms with van der Waals surface area (Å²) in [6.45, 7) is 2.12. The lowest BCUT2D eigenvalue weighted by atomic mass is 10.1. The fourth-order valence-corrected chi connectivity index (χ4v) is 2.69. The average molecular weight is 390 g/mol. The lowest BCUT2D eigenvalue weighted by molar-refractivity contribution is 0.0498. The van der Waals surface area contributed by atoms with Crippen LogP contribution in [-0.4, -0.2) is 24.4 Å². The number of hydrogen-bond acceptors (Lipinski definition) is 2. The van der Waals surface area contributed by atoms with Crippen LogP contribution in [0.2, 0.25) is 0 Å². The molecule has 2 aliphatic rings. The first-order valence-electron chi connectivity index (χ1n) is 6.58. The van der Waals surface area contributed by atoms with Crippen LogP contribution in [0, 0.1) is 0 Å². The molecular formula is C15H18Br2O2. The normalized spacial score (nSPS) is 34.4. The molecular weight excluding hydrogens is 372 g/mol. The first kappa shape index (κ1) is 15.3. The Bertz CT molecular complexity index is 408. The minimum Gasteiger partial charge on any atom is -0.368 e. The second-order valence-electron chi connectivity index (χ2n) is 4.69. The maximum Gasteiger partial charge on any atom is 0.0874 e. The van der Waals surface area contributed by atoms with Gasteiger partial charge in [-0.3, -0.25) is 0 Å². The second-order valence-corrected chi connectivity index (χ2v) is 6.17. The predicted molar refractivity (Wildman–Crippen MR) is 84.6 cm³/mol. The Morgan fingerprint density at radius 2 is 1.95 bits per heavy atom. The standard InChI is InChI=1S/C15H18Br2O2/c1-2-11(17)5-3-6-12-9-14-15(18-12)10-13(19-14)7-4-8-16/h3,5-8,12-15H,2,9-10H2,1H3/b6-3?,11-5-/t4?,12-,13-,14-,15-/m0/s1. The Morgan fingerprint density at radius 3 is 2.63 bits per heavy atom. The van der Waals surface area contributed by atoms with Crippen LogP contribution in [0.5, 0.6) is 0 Å². The van der Waals surface area contributed by atoms with E-state index in [-0.39, 0.29) is 24.4 Å². The van der Waals surface area contributed by atoms with Gasteiger partial charge in [-0.2, -0.15) is 0 Å². The first-order chi connectivity index (χ1) is 9.22. The zero-order valence-corrected chi connectivity index (χ0v) is 14.1. The molecule has 0 amide bonds. The molecule has 0 N–H and O–H groups in total. The van der Waals surface area contributed by atoms with Crippen molar-refractivity contribution < 1.29 is 9.47 Å². The van der Waals surface area contributed by atoms with Gasteiger partial charge in [-0.1, -0.05) is 57.0 Å². The van der Waals surface area contributed by atoms with E-state index in [9.17, 15) is 0 Å². The van der Waals surface area contributed by atoms with Crippen LogP contribution in [0.25, 0.3) is 0 Å². The van der Waals surface area contributed by atoms with Crippen LogP contribution < -0.4 is 0 Å². The summed E-state index contributed by atoms with van der Waals surface area (Å²) in [5.74, 6) is 0. The monoisotopic (exact) mass is 388 g/mol. The summed E-state index contributed by atoms with van der Waals surface area (Å²) in [7, 11) is 0. The largest absolute Gasteiger partial charge is 0.368 e. The molecule has 0 aliphatic carbocycles. The van der Waals surface area contributed by atoms with E-state index in [0.29, 0.717) is 0 Å². The quantitative estimate of drug-likeness (QED) is 0.516. The molecule has 2 aliphatic heterocycles. The van der Waals surface area contributed by atoms with Crippen LogP contribution >= 0.6 is 31.9 Å². The van der Waals surface area contributed by atoms with E-state index in [4.69, 9.17) is 9.47 Å². The molecule has 0 radical (unpaired) electrons. The van der Waals surface area contributed by atoms with Gasteiger partial charge < -0.3 is 9.47 Å². The number of halogens is 2. The van der Waals surface area contributed by atoms with Gasteiger partial charge in [0.25, 0.3) is 0 Å². The molecule has 4 heteroatoms. The summed E-state index contributed by atoms with van der Waals surface area (Å²) in [5, 5.41) is 0. The van der Waals surface area contributed by atoms with E-state index in [1.54, 1.807) is 4.99 Å². The highest BCUT2D eigenvalue weighted by Gasteiger charge is 2.42. The van der Waals surface area contributed by atoms with E-state index >= 15 is 0 Å². The highest BCUT2D eigenvalue weighted by atomic mass is 79.9.